The van der Waals surface area contributed by atoms with Crippen molar-refractivity contribution in [3.63, 3.8) is 0 Å². The van der Waals surface area contributed by atoms with Gasteiger partial charge in [0, 0.05) is 23.7 Å². The lowest BCUT2D eigenvalue weighted by Crippen LogP contribution is -2.41. The van der Waals surface area contributed by atoms with Crippen molar-refractivity contribution in [2.45, 2.75) is 38.1 Å². The van der Waals surface area contributed by atoms with Crippen LogP contribution in [0.5, 0.6) is 5.75 Å². The van der Waals surface area contributed by atoms with Crippen molar-refractivity contribution >= 4 is 35.0 Å². The van der Waals surface area contributed by atoms with E-state index in [-0.39, 0.29) is 35.2 Å². The number of amides is 2. The zero-order valence-electron chi connectivity index (χ0n) is 17.0. The second kappa shape index (κ2) is 11.3. The van der Waals surface area contributed by atoms with Crippen LogP contribution < -0.4 is 15.4 Å². The summed E-state index contributed by atoms with van der Waals surface area (Å²) in [6.07, 6.45) is 3.88. The Morgan fingerprint density at radius 2 is 1.71 bits per heavy atom. The molecule has 1 aliphatic carbocycles. The van der Waals surface area contributed by atoms with E-state index in [0.717, 1.165) is 37.3 Å². The van der Waals surface area contributed by atoms with E-state index < -0.39 is 5.82 Å². The molecule has 2 aromatic carbocycles. The van der Waals surface area contributed by atoms with Crippen molar-refractivity contribution in [3.05, 3.63) is 63.9 Å². The third kappa shape index (κ3) is 7.71. The van der Waals surface area contributed by atoms with Gasteiger partial charge in [0.05, 0.1) is 11.4 Å². The number of ether oxygens (including phenoxy) is 1. The zero-order valence-corrected chi connectivity index (χ0v) is 18.5. The van der Waals surface area contributed by atoms with Crippen molar-refractivity contribution < 1.29 is 18.7 Å². The van der Waals surface area contributed by atoms with E-state index in [1.807, 2.05) is 12.1 Å². The smallest absolute Gasteiger partial charge is 0.258 e. The summed E-state index contributed by atoms with van der Waals surface area (Å²) in [5, 5.41) is 6.61. The van der Waals surface area contributed by atoms with Crippen LogP contribution >= 0.6 is 23.2 Å². The van der Waals surface area contributed by atoms with Crippen LogP contribution in [0.15, 0.2) is 42.5 Å². The molecule has 1 fully saturated rings. The minimum absolute atomic E-state index is 0.00599. The standard InChI is InChI=1S/C23H25Cl2FN2O3/c24-17-5-1-15(2-6-17)11-22(29)27-13-16-3-7-18(8-4-16)28-23(30)14-31-19-9-10-20(25)21(26)12-19/h1-2,5-6,9-10,12,16,18H,3-4,7-8,11,13-14H2,(H,27,29)(H,28,30)/t16-,18-. The number of carbonyl (C=O) groups excluding carboxylic acids is 2. The molecule has 2 amide bonds. The van der Waals surface area contributed by atoms with Gasteiger partial charge in [-0.3, -0.25) is 9.59 Å². The summed E-state index contributed by atoms with van der Waals surface area (Å²) in [5.41, 5.74) is 0.928. The van der Waals surface area contributed by atoms with Gasteiger partial charge in [0.15, 0.2) is 6.61 Å². The molecular weight excluding hydrogens is 442 g/mol. The summed E-state index contributed by atoms with van der Waals surface area (Å²) in [7, 11) is 0. The lowest BCUT2D eigenvalue weighted by atomic mass is 9.86. The molecule has 166 valence electrons. The number of hydrogen-bond donors (Lipinski definition) is 2. The lowest BCUT2D eigenvalue weighted by molar-refractivity contribution is -0.124. The molecule has 31 heavy (non-hydrogen) atoms. The van der Waals surface area contributed by atoms with E-state index in [1.54, 1.807) is 12.1 Å². The third-order valence-corrected chi connectivity index (χ3v) is 5.90. The first-order valence-corrected chi connectivity index (χ1v) is 11.0. The SMILES string of the molecule is O=C(Cc1ccc(Cl)cc1)NC[C@H]1CC[C@H](NC(=O)COc2ccc(Cl)c(F)c2)CC1. The molecule has 1 aliphatic rings. The van der Waals surface area contributed by atoms with Crippen molar-refractivity contribution in [2.24, 2.45) is 5.92 Å². The highest BCUT2D eigenvalue weighted by molar-refractivity contribution is 6.30. The van der Waals surface area contributed by atoms with Crippen LogP contribution in [0.4, 0.5) is 4.39 Å². The van der Waals surface area contributed by atoms with Crippen molar-refractivity contribution in [3.8, 4) is 5.75 Å². The monoisotopic (exact) mass is 466 g/mol. The zero-order chi connectivity index (χ0) is 22.2. The van der Waals surface area contributed by atoms with Gasteiger partial charge in [-0.25, -0.2) is 4.39 Å². The Morgan fingerprint density at radius 3 is 2.39 bits per heavy atom. The highest BCUT2D eigenvalue weighted by Gasteiger charge is 2.23. The van der Waals surface area contributed by atoms with Crippen LogP contribution in [-0.2, 0) is 16.0 Å². The first-order chi connectivity index (χ1) is 14.9. The van der Waals surface area contributed by atoms with E-state index in [2.05, 4.69) is 10.6 Å². The fourth-order valence-corrected chi connectivity index (χ4v) is 3.85. The molecule has 0 aromatic heterocycles. The highest BCUT2D eigenvalue weighted by Crippen LogP contribution is 2.24. The molecule has 0 aliphatic heterocycles. The van der Waals surface area contributed by atoms with E-state index in [4.69, 9.17) is 27.9 Å². The molecule has 0 spiro atoms. The number of halogens is 3. The van der Waals surface area contributed by atoms with Gasteiger partial charge in [-0.05, 0) is 61.4 Å². The average Bonchev–Trinajstić information content (AvgIpc) is 2.76. The van der Waals surface area contributed by atoms with Crippen LogP contribution in [0, 0.1) is 11.7 Å². The summed E-state index contributed by atoms with van der Waals surface area (Å²) in [5.74, 6) is -0.174. The molecular formula is C23H25Cl2FN2O3. The van der Waals surface area contributed by atoms with Gasteiger partial charge in [-0.1, -0.05) is 35.3 Å². The van der Waals surface area contributed by atoms with Gasteiger partial charge >= 0.3 is 0 Å². The highest BCUT2D eigenvalue weighted by atomic mass is 35.5. The Bertz CT molecular complexity index is 900. The van der Waals surface area contributed by atoms with Crippen LogP contribution in [0.25, 0.3) is 0 Å². The van der Waals surface area contributed by atoms with Crippen LogP contribution in [0.1, 0.15) is 31.2 Å². The van der Waals surface area contributed by atoms with Gasteiger partial charge in [-0.2, -0.15) is 0 Å². The minimum Gasteiger partial charge on any atom is -0.484 e. The van der Waals surface area contributed by atoms with Crippen molar-refractivity contribution in [1.29, 1.82) is 0 Å². The van der Waals surface area contributed by atoms with Crippen molar-refractivity contribution in [1.82, 2.24) is 10.6 Å². The van der Waals surface area contributed by atoms with Crippen LogP contribution in [0.2, 0.25) is 10.0 Å². The molecule has 5 nitrogen and oxygen atoms in total. The van der Waals surface area contributed by atoms with E-state index in [9.17, 15) is 14.0 Å². The normalized spacial score (nSPS) is 18.3. The molecule has 0 radical (unpaired) electrons. The Hall–Kier alpha value is -2.31. The molecule has 0 atom stereocenters. The van der Waals surface area contributed by atoms with Gasteiger partial charge in [-0.15, -0.1) is 0 Å². The molecule has 0 heterocycles. The van der Waals surface area contributed by atoms with E-state index in [0.29, 0.717) is 23.9 Å². The fourth-order valence-electron chi connectivity index (χ4n) is 3.60. The molecule has 2 N–H and O–H groups in total. The van der Waals surface area contributed by atoms with E-state index >= 15 is 0 Å². The summed E-state index contributed by atoms with van der Waals surface area (Å²) < 4.78 is 18.7. The van der Waals surface area contributed by atoms with Crippen molar-refractivity contribution in [2.75, 3.05) is 13.2 Å². The summed E-state index contributed by atoms with van der Waals surface area (Å²) >= 11 is 11.5. The maximum Gasteiger partial charge on any atom is 0.258 e. The first-order valence-electron chi connectivity index (χ1n) is 10.3. The fraction of sp³-hybridized carbons (Fsp3) is 0.391. The topological polar surface area (TPSA) is 67.4 Å². The van der Waals surface area contributed by atoms with Gasteiger partial charge in [0.2, 0.25) is 5.91 Å². The molecule has 0 saturated heterocycles. The largest absolute Gasteiger partial charge is 0.484 e. The molecule has 3 rings (SSSR count). The quantitative estimate of drug-likeness (QED) is 0.599. The Kier molecular flexibility index (Phi) is 8.55. The third-order valence-electron chi connectivity index (χ3n) is 5.34. The number of nitrogens with one attached hydrogen (secondary N) is 2. The lowest BCUT2D eigenvalue weighted by Gasteiger charge is -2.29. The molecule has 1 saturated carbocycles. The Labute approximate surface area is 191 Å². The number of carbonyl (C=O) groups is 2. The average molecular weight is 467 g/mol. The van der Waals surface area contributed by atoms with Gasteiger partial charge in [0.25, 0.3) is 5.91 Å². The molecule has 8 heteroatoms. The minimum atomic E-state index is -0.585. The van der Waals surface area contributed by atoms with Crippen LogP contribution in [0.3, 0.4) is 0 Å². The number of benzene rings is 2. The predicted octanol–water partition coefficient (Wildman–Crippen LogP) is 4.55. The van der Waals surface area contributed by atoms with Gasteiger partial charge < -0.3 is 15.4 Å². The summed E-state index contributed by atoms with van der Waals surface area (Å²) in [4.78, 5) is 24.2. The number of rotatable bonds is 8. The molecule has 0 bridgehead atoms. The Morgan fingerprint density at radius 1 is 1.00 bits per heavy atom. The first kappa shape index (κ1) is 23.4. The predicted molar refractivity (Wildman–Crippen MR) is 119 cm³/mol. The summed E-state index contributed by atoms with van der Waals surface area (Å²) in [6, 6.07) is 11.4. The molecule has 0 unspecified atom stereocenters. The van der Waals surface area contributed by atoms with E-state index in [1.165, 1.54) is 12.1 Å². The summed E-state index contributed by atoms with van der Waals surface area (Å²) in [6.45, 7) is 0.458. The second-order valence-electron chi connectivity index (χ2n) is 7.76. The van der Waals surface area contributed by atoms with Gasteiger partial charge in [0.1, 0.15) is 11.6 Å². The Balaban J connectivity index is 1.31. The maximum atomic E-state index is 13.4. The second-order valence-corrected chi connectivity index (χ2v) is 8.60. The maximum absolute atomic E-state index is 13.4. The molecule has 2 aromatic rings. The number of hydrogen-bond acceptors (Lipinski definition) is 3. The van der Waals surface area contributed by atoms with Crippen LogP contribution in [-0.4, -0.2) is 31.0 Å².